The Bertz CT molecular complexity index is 566. The Hall–Kier alpha value is -0.800. The first kappa shape index (κ1) is 24.5. The van der Waals surface area contributed by atoms with Crippen molar-refractivity contribution in [3.63, 3.8) is 0 Å². The predicted octanol–water partition coefficient (Wildman–Crippen LogP) is 3.71. The molecular formula is C22H40IN5O. The molecule has 1 unspecified atom stereocenters. The van der Waals surface area contributed by atoms with E-state index in [2.05, 4.69) is 40.3 Å². The van der Waals surface area contributed by atoms with E-state index in [0.29, 0.717) is 0 Å². The summed E-state index contributed by atoms with van der Waals surface area (Å²) < 4.78 is 5.73. The Kier molecular flexibility index (Phi) is 11.4. The first-order valence-corrected chi connectivity index (χ1v) is 11.3. The number of aliphatic imine (C=N–C) groups is 1. The van der Waals surface area contributed by atoms with Crippen molar-refractivity contribution < 1.29 is 4.42 Å². The maximum atomic E-state index is 5.73. The van der Waals surface area contributed by atoms with Gasteiger partial charge in [-0.05, 0) is 89.8 Å². The van der Waals surface area contributed by atoms with Gasteiger partial charge in [0, 0.05) is 13.1 Å². The molecule has 2 aliphatic heterocycles. The number of hydrogen-bond donors (Lipinski definition) is 2. The van der Waals surface area contributed by atoms with Crippen LogP contribution in [0.2, 0.25) is 0 Å². The third kappa shape index (κ3) is 7.75. The van der Waals surface area contributed by atoms with Crippen LogP contribution in [0.1, 0.15) is 57.8 Å². The monoisotopic (exact) mass is 517 g/mol. The highest BCUT2D eigenvalue weighted by atomic mass is 127. The van der Waals surface area contributed by atoms with Gasteiger partial charge in [-0.1, -0.05) is 6.92 Å². The molecule has 1 aromatic heterocycles. The van der Waals surface area contributed by atoms with E-state index >= 15 is 0 Å². The first-order chi connectivity index (χ1) is 13.8. The van der Waals surface area contributed by atoms with Crippen LogP contribution < -0.4 is 10.6 Å². The summed E-state index contributed by atoms with van der Waals surface area (Å²) in [5.74, 6) is 2.72. The van der Waals surface area contributed by atoms with Crippen LogP contribution in [0, 0.1) is 5.92 Å². The van der Waals surface area contributed by atoms with Gasteiger partial charge >= 0.3 is 0 Å². The smallest absolute Gasteiger partial charge is 0.191 e. The molecule has 2 aliphatic rings. The summed E-state index contributed by atoms with van der Waals surface area (Å²) in [6.45, 7) is 13.0. The van der Waals surface area contributed by atoms with Crippen molar-refractivity contribution in [1.82, 2.24) is 20.4 Å². The minimum Gasteiger partial charge on any atom is -0.468 e. The Morgan fingerprint density at radius 3 is 2.55 bits per heavy atom. The molecule has 6 nitrogen and oxygen atoms in total. The summed E-state index contributed by atoms with van der Waals surface area (Å²) in [7, 11) is 0. The largest absolute Gasteiger partial charge is 0.468 e. The van der Waals surface area contributed by atoms with E-state index in [4.69, 9.17) is 9.41 Å². The molecule has 0 radical (unpaired) electrons. The lowest BCUT2D eigenvalue weighted by Gasteiger charge is -2.32. The second kappa shape index (κ2) is 13.5. The zero-order valence-electron chi connectivity index (χ0n) is 18.2. The number of hydrogen-bond acceptors (Lipinski definition) is 4. The average molecular weight is 518 g/mol. The minimum atomic E-state index is 0. The molecule has 1 aromatic rings. The van der Waals surface area contributed by atoms with E-state index < -0.39 is 0 Å². The van der Waals surface area contributed by atoms with Gasteiger partial charge < -0.3 is 20.0 Å². The zero-order valence-corrected chi connectivity index (χ0v) is 20.6. The number of nitrogens with zero attached hydrogens (tertiary/aromatic N) is 3. The van der Waals surface area contributed by atoms with E-state index in [1.807, 2.05) is 6.07 Å². The van der Waals surface area contributed by atoms with Crippen molar-refractivity contribution in [1.29, 1.82) is 0 Å². The normalized spacial score (nSPS) is 20.4. The Morgan fingerprint density at radius 1 is 1.17 bits per heavy atom. The molecule has 2 N–H and O–H groups in total. The standard InChI is InChI=1S/C22H39N5O.HI/c1-3-11-26-14-9-19(10-15-26)17-24-22(23-4-2)25-18-20(21-8-7-16-28-21)27-12-5-6-13-27;/h7-8,16,19-20H,3-6,9-15,17-18H2,1-2H3,(H2,23,24,25);1H. The van der Waals surface area contributed by atoms with Crippen molar-refractivity contribution in [2.75, 3.05) is 52.4 Å². The van der Waals surface area contributed by atoms with Crippen molar-refractivity contribution in [3.05, 3.63) is 24.2 Å². The number of nitrogens with one attached hydrogen (secondary N) is 2. The number of rotatable bonds is 9. The fraction of sp³-hybridized carbons (Fsp3) is 0.773. The Labute approximate surface area is 193 Å². The van der Waals surface area contributed by atoms with E-state index in [9.17, 15) is 0 Å². The topological polar surface area (TPSA) is 56.0 Å². The summed E-state index contributed by atoms with van der Waals surface area (Å²) >= 11 is 0. The van der Waals surface area contributed by atoms with Crippen LogP contribution >= 0.6 is 24.0 Å². The second-order valence-electron chi connectivity index (χ2n) is 8.16. The van der Waals surface area contributed by atoms with E-state index in [1.165, 1.54) is 51.7 Å². The third-order valence-corrected chi connectivity index (χ3v) is 6.02. The predicted molar refractivity (Wildman–Crippen MR) is 131 cm³/mol. The fourth-order valence-electron chi connectivity index (χ4n) is 4.41. The number of guanidine groups is 1. The van der Waals surface area contributed by atoms with Crippen LogP contribution in [0.15, 0.2) is 27.8 Å². The Morgan fingerprint density at radius 2 is 1.93 bits per heavy atom. The first-order valence-electron chi connectivity index (χ1n) is 11.3. The number of likely N-dealkylation sites (tertiary alicyclic amines) is 2. The van der Waals surface area contributed by atoms with Crippen molar-refractivity contribution in [2.24, 2.45) is 10.9 Å². The molecule has 7 heteroatoms. The molecule has 29 heavy (non-hydrogen) atoms. The third-order valence-electron chi connectivity index (χ3n) is 6.02. The summed E-state index contributed by atoms with van der Waals surface area (Å²) in [6, 6.07) is 4.31. The lowest BCUT2D eigenvalue weighted by atomic mass is 9.97. The van der Waals surface area contributed by atoms with Gasteiger partial charge in [0.2, 0.25) is 0 Å². The molecule has 0 aliphatic carbocycles. The van der Waals surface area contributed by atoms with Crippen molar-refractivity contribution >= 4 is 29.9 Å². The molecule has 2 fully saturated rings. The maximum Gasteiger partial charge on any atom is 0.191 e. The average Bonchev–Trinajstić information content (AvgIpc) is 3.42. The highest BCUT2D eigenvalue weighted by Gasteiger charge is 2.25. The summed E-state index contributed by atoms with van der Waals surface area (Å²) in [6.07, 6.45) is 8.15. The summed E-state index contributed by atoms with van der Waals surface area (Å²) in [5, 5.41) is 7.02. The Balaban J connectivity index is 0.00000300. The summed E-state index contributed by atoms with van der Waals surface area (Å²) in [4.78, 5) is 10.0. The number of halogens is 1. The maximum absolute atomic E-state index is 5.73. The van der Waals surface area contributed by atoms with Crippen LogP contribution in [0.4, 0.5) is 0 Å². The van der Waals surface area contributed by atoms with Crippen LogP contribution in [0.3, 0.4) is 0 Å². The van der Waals surface area contributed by atoms with Crippen molar-refractivity contribution in [3.8, 4) is 0 Å². The number of piperidine rings is 1. The molecular weight excluding hydrogens is 477 g/mol. The van der Waals surface area contributed by atoms with Gasteiger partial charge in [0.1, 0.15) is 5.76 Å². The molecule has 166 valence electrons. The van der Waals surface area contributed by atoms with Gasteiger partial charge in [-0.3, -0.25) is 9.89 Å². The van der Waals surface area contributed by atoms with Gasteiger partial charge in [0.15, 0.2) is 5.96 Å². The van der Waals surface area contributed by atoms with Crippen molar-refractivity contribution in [2.45, 2.75) is 52.0 Å². The fourth-order valence-corrected chi connectivity index (χ4v) is 4.41. The van der Waals surface area contributed by atoms with Crippen LogP contribution in [-0.4, -0.2) is 68.1 Å². The van der Waals surface area contributed by atoms with Gasteiger partial charge in [-0.15, -0.1) is 24.0 Å². The van der Waals surface area contributed by atoms with Crippen LogP contribution in [0.25, 0.3) is 0 Å². The molecule has 3 rings (SSSR count). The van der Waals surface area contributed by atoms with Gasteiger partial charge in [-0.25, -0.2) is 0 Å². The minimum absolute atomic E-state index is 0. The number of furan rings is 1. The molecule has 1 atom stereocenters. The van der Waals surface area contributed by atoms with E-state index in [0.717, 1.165) is 50.4 Å². The quantitative estimate of drug-likeness (QED) is 0.297. The molecule has 0 bridgehead atoms. The molecule has 0 saturated carbocycles. The molecule has 2 saturated heterocycles. The second-order valence-corrected chi connectivity index (χ2v) is 8.16. The SMILES string of the molecule is CCCN1CCC(CNC(=NCC(c2ccco2)N2CCCC2)NCC)CC1.I. The van der Waals surface area contributed by atoms with Gasteiger partial charge in [-0.2, -0.15) is 0 Å². The van der Waals surface area contributed by atoms with Gasteiger partial charge in [0.05, 0.1) is 18.8 Å². The lowest BCUT2D eigenvalue weighted by molar-refractivity contribution is 0.185. The molecule has 0 amide bonds. The van der Waals surface area contributed by atoms with Crippen LogP contribution in [0.5, 0.6) is 0 Å². The van der Waals surface area contributed by atoms with E-state index in [-0.39, 0.29) is 30.0 Å². The van der Waals surface area contributed by atoms with Crippen LogP contribution in [-0.2, 0) is 0 Å². The molecule has 0 aromatic carbocycles. The summed E-state index contributed by atoms with van der Waals surface area (Å²) in [5.41, 5.74) is 0. The highest BCUT2D eigenvalue weighted by Crippen LogP contribution is 2.25. The molecule has 0 spiro atoms. The van der Waals surface area contributed by atoms with E-state index in [1.54, 1.807) is 6.26 Å². The lowest BCUT2D eigenvalue weighted by Crippen LogP contribution is -2.43. The van der Waals surface area contributed by atoms with Gasteiger partial charge in [0.25, 0.3) is 0 Å². The highest BCUT2D eigenvalue weighted by molar-refractivity contribution is 14.0. The zero-order chi connectivity index (χ0) is 19.6. The molecule has 3 heterocycles.